The standard InChI is InChI=1S/C16H24N2O2.2ClH/c19-14-7-3-6-13(16(14)20)15(12-4-1-2-5-12)18-10-8-17-9-11-18;;/h3,6-7,12,15,17,19-20H,1-2,4-5,8-11H2;2*1H/t15-;;/m0../s1. The number of phenols is 2. The molecule has 1 heterocycles. The molecule has 6 heteroatoms. The van der Waals surface area contributed by atoms with E-state index in [1.54, 1.807) is 6.07 Å². The summed E-state index contributed by atoms with van der Waals surface area (Å²) in [5.41, 5.74) is 0.902. The fraction of sp³-hybridized carbons (Fsp3) is 0.625. The molecule has 0 amide bonds. The molecule has 0 unspecified atom stereocenters. The maximum atomic E-state index is 10.3. The van der Waals surface area contributed by atoms with Crippen molar-refractivity contribution in [3.8, 4) is 11.5 Å². The summed E-state index contributed by atoms with van der Waals surface area (Å²) in [7, 11) is 0. The number of aromatic hydroxyl groups is 2. The summed E-state index contributed by atoms with van der Waals surface area (Å²) in [4.78, 5) is 2.47. The van der Waals surface area contributed by atoms with E-state index in [0.717, 1.165) is 31.7 Å². The van der Waals surface area contributed by atoms with Gasteiger partial charge in [-0.3, -0.25) is 4.90 Å². The normalized spacial score (nSPS) is 20.9. The van der Waals surface area contributed by atoms with Crippen molar-refractivity contribution in [2.45, 2.75) is 31.7 Å². The third-order valence-corrected chi connectivity index (χ3v) is 4.76. The first-order chi connectivity index (χ1) is 9.77. The van der Waals surface area contributed by atoms with Gasteiger partial charge in [0.05, 0.1) is 0 Å². The largest absolute Gasteiger partial charge is 0.504 e. The van der Waals surface area contributed by atoms with Gasteiger partial charge in [0.2, 0.25) is 0 Å². The van der Waals surface area contributed by atoms with Crippen LogP contribution < -0.4 is 5.32 Å². The van der Waals surface area contributed by atoms with Gasteiger partial charge in [0.15, 0.2) is 11.5 Å². The lowest BCUT2D eigenvalue weighted by Gasteiger charge is -2.38. The molecule has 3 N–H and O–H groups in total. The molecule has 2 fully saturated rings. The second kappa shape index (κ2) is 8.82. The fourth-order valence-corrected chi connectivity index (χ4v) is 3.77. The Balaban J connectivity index is 0.00000121. The lowest BCUT2D eigenvalue weighted by molar-refractivity contribution is 0.123. The second-order valence-electron chi connectivity index (χ2n) is 5.99. The lowest BCUT2D eigenvalue weighted by Crippen LogP contribution is -2.46. The van der Waals surface area contributed by atoms with Crippen LogP contribution in [0.5, 0.6) is 11.5 Å². The number of piperazine rings is 1. The molecule has 0 bridgehead atoms. The van der Waals surface area contributed by atoms with E-state index >= 15 is 0 Å². The highest BCUT2D eigenvalue weighted by molar-refractivity contribution is 5.85. The van der Waals surface area contributed by atoms with Crippen molar-refractivity contribution in [1.82, 2.24) is 10.2 Å². The molecule has 1 saturated heterocycles. The van der Waals surface area contributed by atoms with Gasteiger partial charge in [-0.1, -0.05) is 25.0 Å². The number of hydrogen-bond donors (Lipinski definition) is 3. The Morgan fingerprint density at radius 2 is 1.68 bits per heavy atom. The van der Waals surface area contributed by atoms with Gasteiger partial charge in [0.1, 0.15) is 0 Å². The third-order valence-electron chi connectivity index (χ3n) is 4.76. The molecule has 1 aromatic rings. The molecule has 1 aliphatic carbocycles. The van der Waals surface area contributed by atoms with Gasteiger partial charge in [-0.15, -0.1) is 24.8 Å². The summed E-state index contributed by atoms with van der Waals surface area (Å²) in [5.74, 6) is 0.671. The summed E-state index contributed by atoms with van der Waals surface area (Å²) < 4.78 is 0. The molecule has 1 saturated carbocycles. The molecule has 1 atom stereocenters. The first kappa shape index (κ1) is 19.4. The number of phenolic OH excluding ortho intramolecular Hbond substituents is 2. The molecule has 126 valence electrons. The van der Waals surface area contributed by atoms with Crippen LogP contribution in [0, 0.1) is 5.92 Å². The fourth-order valence-electron chi connectivity index (χ4n) is 3.77. The Labute approximate surface area is 144 Å². The van der Waals surface area contributed by atoms with Gasteiger partial charge in [-0.2, -0.15) is 0 Å². The molecular weight excluding hydrogens is 323 g/mol. The minimum absolute atomic E-state index is 0. The quantitative estimate of drug-likeness (QED) is 0.734. The van der Waals surface area contributed by atoms with Crippen LogP contribution in [0.2, 0.25) is 0 Å². The zero-order valence-corrected chi connectivity index (χ0v) is 14.3. The minimum atomic E-state index is 0. The average molecular weight is 349 g/mol. The van der Waals surface area contributed by atoms with E-state index in [-0.39, 0.29) is 42.4 Å². The Hall–Kier alpha value is -0.680. The van der Waals surface area contributed by atoms with Gasteiger partial charge in [-0.25, -0.2) is 0 Å². The summed E-state index contributed by atoms with van der Waals surface area (Å²) in [6.45, 7) is 4.03. The predicted molar refractivity (Wildman–Crippen MR) is 93.4 cm³/mol. The van der Waals surface area contributed by atoms with Crippen molar-refractivity contribution >= 4 is 24.8 Å². The zero-order chi connectivity index (χ0) is 13.9. The van der Waals surface area contributed by atoms with E-state index in [1.165, 1.54) is 25.7 Å². The van der Waals surface area contributed by atoms with Crippen LogP contribution in [0.25, 0.3) is 0 Å². The van der Waals surface area contributed by atoms with Crippen molar-refractivity contribution in [3.05, 3.63) is 23.8 Å². The molecule has 4 nitrogen and oxygen atoms in total. The van der Waals surface area contributed by atoms with E-state index in [4.69, 9.17) is 0 Å². The molecule has 22 heavy (non-hydrogen) atoms. The lowest BCUT2D eigenvalue weighted by atomic mass is 9.89. The van der Waals surface area contributed by atoms with Crippen LogP contribution in [0.1, 0.15) is 37.3 Å². The minimum Gasteiger partial charge on any atom is -0.504 e. The molecule has 0 radical (unpaired) electrons. The maximum absolute atomic E-state index is 10.3. The first-order valence-corrected chi connectivity index (χ1v) is 7.73. The van der Waals surface area contributed by atoms with Crippen molar-refractivity contribution in [1.29, 1.82) is 0 Å². The highest BCUT2D eigenvalue weighted by atomic mass is 35.5. The van der Waals surface area contributed by atoms with E-state index < -0.39 is 0 Å². The summed E-state index contributed by atoms with van der Waals surface area (Å²) in [6.07, 6.45) is 5.02. The Morgan fingerprint density at radius 1 is 1.05 bits per heavy atom. The van der Waals surface area contributed by atoms with Crippen LogP contribution in [-0.2, 0) is 0 Å². The average Bonchev–Trinajstić information content (AvgIpc) is 2.99. The van der Waals surface area contributed by atoms with Crippen LogP contribution >= 0.6 is 24.8 Å². The number of rotatable bonds is 3. The summed E-state index contributed by atoms with van der Waals surface area (Å²) in [5, 5.41) is 23.5. The number of hydrogen-bond acceptors (Lipinski definition) is 4. The third kappa shape index (κ3) is 3.99. The van der Waals surface area contributed by atoms with E-state index in [0.29, 0.717) is 5.92 Å². The van der Waals surface area contributed by atoms with Crippen LogP contribution in [0.4, 0.5) is 0 Å². The Morgan fingerprint density at radius 3 is 2.32 bits per heavy atom. The number of benzene rings is 1. The summed E-state index contributed by atoms with van der Waals surface area (Å²) >= 11 is 0. The number of para-hydroxylation sites is 1. The van der Waals surface area contributed by atoms with Crippen LogP contribution in [0.3, 0.4) is 0 Å². The van der Waals surface area contributed by atoms with Gasteiger partial charge in [0.25, 0.3) is 0 Å². The molecule has 1 aromatic carbocycles. The smallest absolute Gasteiger partial charge is 0.162 e. The van der Waals surface area contributed by atoms with E-state index in [9.17, 15) is 10.2 Å². The monoisotopic (exact) mass is 348 g/mol. The van der Waals surface area contributed by atoms with Gasteiger partial charge < -0.3 is 15.5 Å². The predicted octanol–water partition coefficient (Wildman–Crippen LogP) is 3.08. The highest BCUT2D eigenvalue weighted by Crippen LogP contribution is 2.44. The zero-order valence-electron chi connectivity index (χ0n) is 12.7. The van der Waals surface area contributed by atoms with Gasteiger partial charge in [-0.05, 0) is 24.8 Å². The van der Waals surface area contributed by atoms with Crippen LogP contribution in [0.15, 0.2) is 18.2 Å². The topological polar surface area (TPSA) is 55.7 Å². The van der Waals surface area contributed by atoms with Crippen molar-refractivity contribution in [2.75, 3.05) is 26.2 Å². The molecular formula is C16H26Cl2N2O2. The van der Waals surface area contributed by atoms with E-state index in [2.05, 4.69) is 10.2 Å². The molecule has 3 rings (SSSR count). The Bertz CT molecular complexity index is 461. The molecule has 0 aromatic heterocycles. The van der Waals surface area contributed by atoms with Crippen LogP contribution in [-0.4, -0.2) is 41.3 Å². The van der Waals surface area contributed by atoms with Gasteiger partial charge >= 0.3 is 0 Å². The first-order valence-electron chi connectivity index (χ1n) is 7.73. The summed E-state index contributed by atoms with van der Waals surface area (Å²) in [6, 6.07) is 5.61. The van der Waals surface area contributed by atoms with Crippen molar-refractivity contribution in [3.63, 3.8) is 0 Å². The number of nitrogens with one attached hydrogen (secondary N) is 1. The number of nitrogens with zero attached hydrogens (tertiary/aromatic N) is 1. The highest BCUT2D eigenvalue weighted by Gasteiger charge is 2.33. The molecule has 0 spiro atoms. The van der Waals surface area contributed by atoms with Gasteiger partial charge in [0, 0.05) is 37.8 Å². The Kier molecular flexibility index (Phi) is 7.77. The molecule has 2 aliphatic rings. The second-order valence-corrected chi connectivity index (χ2v) is 5.99. The SMILES string of the molecule is Cl.Cl.Oc1cccc([C@H](C2CCCC2)N2CCNCC2)c1O. The maximum Gasteiger partial charge on any atom is 0.162 e. The van der Waals surface area contributed by atoms with Crippen molar-refractivity contribution in [2.24, 2.45) is 5.92 Å². The van der Waals surface area contributed by atoms with E-state index in [1.807, 2.05) is 12.1 Å². The van der Waals surface area contributed by atoms with Crippen molar-refractivity contribution < 1.29 is 10.2 Å². The number of halogens is 2. The molecule has 1 aliphatic heterocycles.